The summed E-state index contributed by atoms with van der Waals surface area (Å²) in [5.41, 5.74) is 6.77. The molecule has 0 fully saturated rings. The van der Waals surface area contributed by atoms with Crippen LogP contribution in [0.1, 0.15) is 28.3 Å². The third-order valence-corrected chi connectivity index (χ3v) is 4.05. The molecule has 1 heterocycles. The second-order valence-corrected chi connectivity index (χ2v) is 5.59. The highest BCUT2D eigenvalue weighted by Crippen LogP contribution is 2.21. The smallest absolute Gasteiger partial charge is 0.253 e. The monoisotopic (exact) mass is 325 g/mol. The van der Waals surface area contributed by atoms with Gasteiger partial charge in [-0.3, -0.25) is 4.79 Å². The SMILES string of the molecule is CC(NC(=O)c1cc(N)ccc1Br)c1nccs1. The molecule has 0 aliphatic carbocycles. The van der Waals surface area contributed by atoms with Gasteiger partial charge in [0.1, 0.15) is 5.01 Å². The lowest BCUT2D eigenvalue weighted by atomic mass is 10.2. The second kappa shape index (κ2) is 5.49. The number of rotatable bonds is 3. The number of aromatic nitrogens is 1. The quantitative estimate of drug-likeness (QED) is 0.852. The van der Waals surface area contributed by atoms with Crippen LogP contribution >= 0.6 is 27.3 Å². The van der Waals surface area contributed by atoms with E-state index >= 15 is 0 Å². The van der Waals surface area contributed by atoms with Crippen LogP contribution in [0.15, 0.2) is 34.2 Å². The van der Waals surface area contributed by atoms with Crippen LogP contribution in [0.4, 0.5) is 5.69 Å². The molecule has 0 spiro atoms. The third kappa shape index (κ3) is 2.88. The highest BCUT2D eigenvalue weighted by molar-refractivity contribution is 9.10. The van der Waals surface area contributed by atoms with Gasteiger partial charge in [0.25, 0.3) is 5.91 Å². The zero-order valence-corrected chi connectivity index (χ0v) is 12.1. The van der Waals surface area contributed by atoms with Gasteiger partial charge in [-0.1, -0.05) is 0 Å². The van der Waals surface area contributed by atoms with E-state index in [9.17, 15) is 4.79 Å². The van der Waals surface area contributed by atoms with Crippen molar-refractivity contribution in [2.75, 3.05) is 5.73 Å². The number of hydrogen-bond donors (Lipinski definition) is 2. The van der Waals surface area contributed by atoms with Crippen molar-refractivity contribution < 1.29 is 4.79 Å². The van der Waals surface area contributed by atoms with Gasteiger partial charge in [0.15, 0.2) is 0 Å². The Hall–Kier alpha value is -1.40. The van der Waals surface area contributed by atoms with E-state index in [1.807, 2.05) is 12.3 Å². The Kier molecular flexibility index (Phi) is 3.98. The predicted molar refractivity (Wildman–Crippen MR) is 76.5 cm³/mol. The van der Waals surface area contributed by atoms with E-state index in [1.54, 1.807) is 24.4 Å². The van der Waals surface area contributed by atoms with Gasteiger partial charge in [0.2, 0.25) is 0 Å². The molecule has 0 saturated heterocycles. The number of nitrogens with one attached hydrogen (secondary N) is 1. The van der Waals surface area contributed by atoms with Gasteiger partial charge in [0, 0.05) is 21.7 Å². The summed E-state index contributed by atoms with van der Waals surface area (Å²) in [5.74, 6) is -0.170. The number of carbonyl (C=O) groups excluding carboxylic acids is 1. The summed E-state index contributed by atoms with van der Waals surface area (Å²) in [6.07, 6.45) is 1.72. The first-order valence-corrected chi connectivity index (χ1v) is 7.00. The van der Waals surface area contributed by atoms with Crippen molar-refractivity contribution in [2.24, 2.45) is 0 Å². The molecule has 0 bridgehead atoms. The van der Waals surface area contributed by atoms with E-state index in [0.717, 1.165) is 9.48 Å². The molecular formula is C12H12BrN3OS. The van der Waals surface area contributed by atoms with Crippen LogP contribution in [0.2, 0.25) is 0 Å². The van der Waals surface area contributed by atoms with Gasteiger partial charge in [-0.15, -0.1) is 11.3 Å². The van der Waals surface area contributed by atoms with E-state index in [4.69, 9.17) is 5.73 Å². The summed E-state index contributed by atoms with van der Waals surface area (Å²) in [6.45, 7) is 1.90. The first kappa shape index (κ1) is 13.0. The van der Waals surface area contributed by atoms with Crippen LogP contribution in [0.3, 0.4) is 0 Å². The minimum Gasteiger partial charge on any atom is -0.399 e. The molecule has 0 saturated carbocycles. The molecular weight excluding hydrogens is 314 g/mol. The van der Waals surface area contributed by atoms with E-state index < -0.39 is 0 Å². The molecule has 1 aromatic carbocycles. The average Bonchev–Trinajstić information content (AvgIpc) is 2.85. The standard InChI is InChI=1S/C12H12BrN3OS/c1-7(12-15-4-5-18-12)16-11(17)9-6-8(14)2-3-10(9)13/h2-7H,14H2,1H3,(H,16,17). The maximum absolute atomic E-state index is 12.1. The third-order valence-electron chi connectivity index (χ3n) is 2.40. The van der Waals surface area contributed by atoms with Crippen LogP contribution in [0.5, 0.6) is 0 Å². The van der Waals surface area contributed by atoms with Gasteiger partial charge in [0.05, 0.1) is 11.6 Å². The Morgan fingerprint density at radius 3 is 3.00 bits per heavy atom. The van der Waals surface area contributed by atoms with E-state index in [1.165, 1.54) is 11.3 Å². The zero-order valence-electron chi connectivity index (χ0n) is 9.68. The molecule has 2 aromatic rings. The van der Waals surface area contributed by atoms with Crippen LogP contribution in [-0.2, 0) is 0 Å². The van der Waals surface area contributed by atoms with Gasteiger partial charge >= 0.3 is 0 Å². The van der Waals surface area contributed by atoms with Crippen LogP contribution in [-0.4, -0.2) is 10.9 Å². The van der Waals surface area contributed by atoms with E-state index in [2.05, 4.69) is 26.2 Å². The van der Waals surface area contributed by atoms with Crippen LogP contribution in [0.25, 0.3) is 0 Å². The number of thiazole rings is 1. The van der Waals surface area contributed by atoms with Crippen molar-refractivity contribution in [3.8, 4) is 0 Å². The molecule has 1 aromatic heterocycles. The van der Waals surface area contributed by atoms with Gasteiger partial charge < -0.3 is 11.1 Å². The lowest BCUT2D eigenvalue weighted by Gasteiger charge is -2.12. The maximum Gasteiger partial charge on any atom is 0.253 e. The number of nitrogens with two attached hydrogens (primary N) is 1. The largest absolute Gasteiger partial charge is 0.399 e. The first-order chi connectivity index (χ1) is 8.58. The topological polar surface area (TPSA) is 68.0 Å². The lowest BCUT2D eigenvalue weighted by molar-refractivity contribution is 0.0939. The number of halogens is 1. The number of hydrogen-bond acceptors (Lipinski definition) is 4. The molecule has 0 aliphatic heterocycles. The van der Waals surface area contributed by atoms with Crippen molar-refractivity contribution >= 4 is 38.9 Å². The number of nitrogen functional groups attached to an aromatic ring is 1. The summed E-state index contributed by atoms with van der Waals surface area (Å²) >= 11 is 4.85. The molecule has 0 aliphatic rings. The molecule has 2 rings (SSSR count). The highest BCUT2D eigenvalue weighted by atomic mass is 79.9. The number of anilines is 1. The molecule has 1 unspecified atom stereocenters. The van der Waals surface area contributed by atoms with E-state index in [0.29, 0.717) is 11.3 Å². The van der Waals surface area contributed by atoms with Crippen molar-refractivity contribution in [1.82, 2.24) is 10.3 Å². The maximum atomic E-state index is 12.1. The molecule has 6 heteroatoms. The molecule has 94 valence electrons. The lowest BCUT2D eigenvalue weighted by Crippen LogP contribution is -2.26. The van der Waals surface area contributed by atoms with Gasteiger partial charge in [-0.25, -0.2) is 4.98 Å². The second-order valence-electron chi connectivity index (χ2n) is 3.80. The molecule has 3 N–H and O–H groups in total. The Morgan fingerprint density at radius 1 is 1.56 bits per heavy atom. The molecule has 0 radical (unpaired) electrons. The fourth-order valence-corrected chi connectivity index (χ4v) is 2.57. The summed E-state index contributed by atoms with van der Waals surface area (Å²) in [7, 11) is 0. The minimum absolute atomic E-state index is 0.120. The summed E-state index contributed by atoms with van der Waals surface area (Å²) < 4.78 is 0.723. The Bertz CT molecular complexity index is 556. The molecule has 4 nitrogen and oxygen atoms in total. The Labute approximate surface area is 117 Å². The van der Waals surface area contributed by atoms with Crippen molar-refractivity contribution in [2.45, 2.75) is 13.0 Å². The summed E-state index contributed by atoms with van der Waals surface area (Å²) in [6, 6.07) is 5.03. The van der Waals surface area contributed by atoms with Gasteiger partial charge in [-0.05, 0) is 41.1 Å². The number of nitrogens with zero attached hydrogens (tertiary/aromatic N) is 1. The van der Waals surface area contributed by atoms with Crippen LogP contribution < -0.4 is 11.1 Å². The average molecular weight is 326 g/mol. The zero-order chi connectivity index (χ0) is 13.1. The Balaban J connectivity index is 2.15. The van der Waals surface area contributed by atoms with Crippen molar-refractivity contribution in [3.05, 3.63) is 44.8 Å². The predicted octanol–water partition coefficient (Wildman–Crippen LogP) is 2.98. The number of benzene rings is 1. The van der Waals surface area contributed by atoms with Crippen molar-refractivity contribution in [3.63, 3.8) is 0 Å². The highest BCUT2D eigenvalue weighted by Gasteiger charge is 2.15. The molecule has 18 heavy (non-hydrogen) atoms. The van der Waals surface area contributed by atoms with Crippen LogP contribution in [0, 0.1) is 0 Å². The number of carbonyl (C=O) groups is 1. The minimum atomic E-state index is -0.170. The molecule has 1 atom stereocenters. The van der Waals surface area contributed by atoms with Gasteiger partial charge in [-0.2, -0.15) is 0 Å². The molecule has 1 amide bonds. The fraction of sp³-hybridized carbons (Fsp3) is 0.167. The van der Waals surface area contributed by atoms with E-state index in [-0.39, 0.29) is 11.9 Å². The first-order valence-electron chi connectivity index (χ1n) is 5.33. The van der Waals surface area contributed by atoms with Crippen molar-refractivity contribution in [1.29, 1.82) is 0 Å². The normalized spacial score (nSPS) is 12.1. The fourth-order valence-electron chi connectivity index (χ4n) is 1.50. The summed E-state index contributed by atoms with van der Waals surface area (Å²) in [4.78, 5) is 16.3. The number of amides is 1. The summed E-state index contributed by atoms with van der Waals surface area (Å²) in [5, 5.41) is 5.65. The Morgan fingerprint density at radius 2 is 2.33 bits per heavy atom.